The van der Waals surface area contributed by atoms with Crippen molar-refractivity contribution in [2.75, 3.05) is 18.3 Å². The molecule has 12 heavy (non-hydrogen) atoms. The Morgan fingerprint density at radius 2 is 2.25 bits per heavy atom. The zero-order valence-corrected chi connectivity index (χ0v) is 10.3. The molecule has 0 unspecified atom stereocenters. The van der Waals surface area contributed by atoms with Crippen LogP contribution in [0.2, 0.25) is 0 Å². The van der Waals surface area contributed by atoms with E-state index < -0.39 is 0 Å². The van der Waals surface area contributed by atoms with Gasteiger partial charge in [0.25, 0.3) is 0 Å². The van der Waals surface area contributed by atoms with Crippen LogP contribution < -0.4 is 17.0 Å². The van der Waals surface area contributed by atoms with Crippen LogP contribution in [0.15, 0.2) is 17.5 Å². The van der Waals surface area contributed by atoms with Gasteiger partial charge in [0.1, 0.15) is 0 Å². The number of carbonyl (C=O) groups excluding carboxylic acids is 1. The van der Waals surface area contributed by atoms with E-state index in [0.717, 1.165) is 4.88 Å². The first-order valence-corrected chi connectivity index (χ1v) is 6.40. The van der Waals surface area contributed by atoms with E-state index in [1.54, 1.807) is 0 Å². The normalized spacial score (nSPS) is 9.58. The highest BCUT2D eigenvalue weighted by Gasteiger charge is 2.13. The van der Waals surface area contributed by atoms with Crippen LogP contribution in [0.25, 0.3) is 0 Å². The maximum atomic E-state index is 11.3. The zero-order chi connectivity index (χ0) is 8.27. The molecule has 1 aromatic heterocycles. The minimum absolute atomic E-state index is 0. The molecule has 68 valence electrons. The van der Waals surface area contributed by atoms with Gasteiger partial charge < -0.3 is 17.0 Å². The number of halogens is 1. The number of Topliss-reactive ketones (excluding diaryl/α,β-unsaturated/α-hetero) is 1. The Morgan fingerprint density at radius 1 is 1.58 bits per heavy atom. The summed E-state index contributed by atoms with van der Waals surface area (Å²) in [4.78, 5) is 12.2. The molecule has 0 N–H and O–H groups in total. The molecule has 1 heterocycles. The minimum atomic E-state index is 0. The quantitative estimate of drug-likeness (QED) is 0.497. The first kappa shape index (κ1) is 12.2. The summed E-state index contributed by atoms with van der Waals surface area (Å²) in [5.41, 5.74) is 0. The van der Waals surface area contributed by atoms with Crippen LogP contribution in [-0.2, 0) is 10.9 Å². The topological polar surface area (TPSA) is 17.1 Å². The second kappa shape index (κ2) is 5.78. The molecule has 0 saturated heterocycles. The molecule has 0 aliphatic heterocycles. The van der Waals surface area contributed by atoms with Crippen molar-refractivity contribution in [1.82, 2.24) is 0 Å². The Labute approximate surface area is 90.3 Å². The van der Waals surface area contributed by atoms with Gasteiger partial charge in [-0.3, -0.25) is 4.79 Å². The van der Waals surface area contributed by atoms with Gasteiger partial charge in [0.15, 0.2) is 5.75 Å². The number of thiophene rings is 1. The largest absolute Gasteiger partial charge is 1.00 e. The highest BCUT2D eigenvalue weighted by atomic mass is 79.9. The number of carbonyl (C=O) groups is 1. The lowest BCUT2D eigenvalue weighted by molar-refractivity contribution is -0.0000102. The lowest BCUT2D eigenvalue weighted by Gasteiger charge is -1.93. The molecule has 0 fully saturated rings. The predicted octanol–water partition coefficient (Wildman–Crippen LogP) is -1.19. The summed E-state index contributed by atoms with van der Waals surface area (Å²) in [6, 6.07) is 3.81. The Morgan fingerprint density at radius 3 is 2.67 bits per heavy atom. The monoisotopic (exact) mass is 266 g/mol. The fourth-order valence-corrected chi connectivity index (χ4v) is 2.21. The van der Waals surface area contributed by atoms with E-state index in [1.807, 2.05) is 17.5 Å². The number of rotatable bonds is 3. The van der Waals surface area contributed by atoms with Crippen molar-refractivity contribution in [1.29, 1.82) is 0 Å². The van der Waals surface area contributed by atoms with Crippen molar-refractivity contribution in [2.24, 2.45) is 0 Å². The van der Waals surface area contributed by atoms with Crippen molar-refractivity contribution in [2.45, 2.75) is 0 Å². The molecule has 1 nitrogen and oxygen atoms in total. The predicted molar refractivity (Wildman–Crippen MR) is 52.7 cm³/mol. The molecular weight excluding hydrogens is 256 g/mol. The Bertz CT molecular complexity index is 231. The Balaban J connectivity index is 0.00000121. The van der Waals surface area contributed by atoms with Gasteiger partial charge >= 0.3 is 0 Å². The lowest BCUT2D eigenvalue weighted by Crippen LogP contribution is -3.00. The maximum Gasteiger partial charge on any atom is 0.221 e. The van der Waals surface area contributed by atoms with Crippen molar-refractivity contribution < 1.29 is 21.8 Å². The average Bonchev–Trinajstić information content (AvgIpc) is 2.35. The highest BCUT2D eigenvalue weighted by molar-refractivity contribution is 7.96. The molecule has 4 heteroatoms. The summed E-state index contributed by atoms with van der Waals surface area (Å²) >= 11 is 1.53. The van der Waals surface area contributed by atoms with Gasteiger partial charge in [-0.25, -0.2) is 0 Å². The van der Waals surface area contributed by atoms with Gasteiger partial charge in [-0.05, 0) is 22.3 Å². The molecule has 0 amide bonds. The van der Waals surface area contributed by atoms with Gasteiger partial charge in [0.05, 0.1) is 17.4 Å². The van der Waals surface area contributed by atoms with Crippen LogP contribution >= 0.6 is 11.3 Å². The van der Waals surface area contributed by atoms with E-state index in [1.165, 1.54) is 11.3 Å². The van der Waals surface area contributed by atoms with Crippen molar-refractivity contribution >= 4 is 28.0 Å². The van der Waals surface area contributed by atoms with Gasteiger partial charge in [-0.1, -0.05) is 6.07 Å². The van der Waals surface area contributed by atoms with Crippen molar-refractivity contribution in [3.8, 4) is 0 Å². The summed E-state index contributed by atoms with van der Waals surface area (Å²) < 4.78 is 0. The van der Waals surface area contributed by atoms with Crippen LogP contribution in [0.1, 0.15) is 9.67 Å². The number of hydrogen-bond acceptors (Lipinski definition) is 2. The fourth-order valence-electron chi connectivity index (χ4n) is 0.771. The van der Waals surface area contributed by atoms with E-state index in [4.69, 9.17) is 0 Å². The molecule has 0 radical (unpaired) electrons. The van der Waals surface area contributed by atoms with Gasteiger partial charge in [0.2, 0.25) is 5.78 Å². The Hall–Kier alpha value is 0.200. The number of ketones is 1. The third kappa shape index (κ3) is 3.74. The summed E-state index contributed by atoms with van der Waals surface area (Å²) in [6.45, 7) is 0. The second-order valence-electron chi connectivity index (χ2n) is 2.53. The smallest absolute Gasteiger partial charge is 0.221 e. The van der Waals surface area contributed by atoms with Gasteiger partial charge in [-0.2, -0.15) is 0 Å². The van der Waals surface area contributed by atoms with E-state index in [9.17, 15) is 4.79 Å². The highest BCUT2D eigenvalue weighted by Crippen LogP contribution is 2.09. The molecule has 0 aliphatic rings. The molecule has 0 saturated carbocycles. The first-order chi connectivity index (χ1) is 5.20. The summed E-state index contributed by atoms with van der Waals surface area (Å²) in [7, 11) is 0.227. The Kier molecular flexibility index (Phi) is 5.88. The molecule has 0 spiro atoms. The van der Waals surface area contributed by atoms with Crippen LogP contribution in [-0.4, -0.2) is 24.0 Å². The van der Waals surface area contributed by atoms with Crippen LogP contribution in [0.4, 0.5) is 0 Å². The summed E-state index contributed by atoms with van der Waals surface area (Å²) in [5, 5.41) is 1.94. The fraction of sp³-hybridized carbons (Fsp3) is 0.375. The summed E-state index contributed by atoms with van der Waals surface area (Å²) in [5.74, 6) is 0.980. The zero-order valence-electron chi connectivity index (χ0n) is 7.04. The minimum Gasteiger partial charge on any atom is -1.00 e. The summed E-state index contributed by atoms with van der Waals surface area (Å²) in [6.07, 6.45) is 4.18. The molecule has 1 aromatic rings. The second-order valence-corrected chi connectivity index (χ2v) is 5.74. The van der Waals surface area contributed by atoms with E-state index in [0.29, 0.717) is 5.75 Å². The molecule has 0 aliphatic carbocycles. The van der Waals surface area contributed by atoms with Gasteiger partial charge in [-0.15, -0.1) is 11.3 Å². The molecule has 0 atom stereocenters. The number of hydrogen-bond donors (Lipinski definition) is 0. The SMILES string of the molecule is C[S+](C)CC(=O)c1cccs1.[Br-]. The van der Waals surface area contributed by atoms with Crippen LogP contribution in [0.3, 0.4) is 0 Å². The molecule has 0 bridgehead atoms. The molecular formula is C8H11BrOS2. The van der Waals surface area contributed by atoms with E-state index in [-0.39, 0.29) is 33.7 Å². The third-order valence-electron chi connectivity index (χ3n) is 1.22. The van der Waals surface area contributed by atoms with E-state index >= 15 is 0 Å². The third-order valence-corrected chi connectivity index (χ3v) is 2.97. The van der Waals surface area contributed by atoms with Crippen molar-refractivity contribution in [3.05, 3.63) is 22.4 Å². The average molecular weight is 267 g/mol. The van der Waals surface area contributed by atoms with Crippen molar-refractivity contribution in [3.63, 3.8) is 0 Å². The molecule has 1 rings (SSSR count). The molecule has 0 aromatic carbocycles. The van der Waals surface area contributed by atoms with E-state index in [2.05, 4.69) is 12.5 Å². The lowest BCUT2D eigenvalue weighted by atomic mass is 10.4. The maximum absolute atomic E-state index is 11.3. The standard InChI is InChI=1S/C8H11OS2.BrH/c1-11(2)6-7(9)8-4-3-5-10-8;/h3-5H,6H2,1-2H3;1H/q+1;/p-1. The van der Waals surface area contributed by atoms with Crippen LogP contribution in [0, 0.1) is 0 Å². The van der Waals surface area contributed by atoms with Crippen LogP contribution in [0.5, 0.6) is 0 Å². The first-order valence-electron chi connectivity index (χ1n) is 3.31. The van der Waals surface area contributed by atoms with Gasteiger partial charge in [0, 0.05) is 0 Å².